The van der Waals surface area contributed by atoms with Gasteiger partial charge in [0.1, 0.15) is 16.8 Å². The van der Waals surface area contributed by atoms with Crippen molar-refractivity contribution in [1.82, 2.24) is 19.7 Å². The van der Waals surface area contributed by atoms with Crippen LogP contribution in [0.3, 0.4) is 0 Å². The third kappa shape index (κ3) is 4.21. The fourth-order valence-electron chi connectivity index (χ4n) is 1.86. The zero-order valence-corrected chi connectivity index (χ0v) is 11.9. The minimum atomic E-state index is 0.209. The Morgan fingerprint density at radius 1 is 1.42 bits per heavy atom. The molecule has 102 valence electrons. The summed E-state index contributed by atoms with van der Waals surface area (Å²) in [6, 6.07) is 3.87. The number of aryl methyl sites for hydroxylation is 1. The highest BCUT2D eigenvalue weighted by Gasteiger charge is 2.07. The van der Waals surface area contributed by atoms with Crippen LogP contribution in [0.25, 0.3) is 0 Å². The maximum atomic E-state index is 6.00. The van der Waals surface area contributed by atoms with E-state index in [0.717, 1.165) is 31.0 Å². The van der Waals surface area contributed by atoms with Gasteiger partial charge in [-0.1, -0.05) is 18.5 Å². The molecule has 0 bridgehead atoms. The molecule has 2 heterocycles. The van der Waals surface area contributed by atoms with Crippen LogP contribution in [-0.2, 0) is 13.0 Å². The molecule has 0 aliphatic rings. The van der Waals surface area contributed by atoms with Crippen LogP contribution in [0.4, 0.5) is 5.82 Å². The zero-order chi connectivity index (χ0) is 13.7. The van der Waals surface area contributed by atoms with Gasteiger partial charge in [-0.3, -0.25) is 4.68 Å². The first-order valence-electron chi connectivity index (χ1n) is 6.44. The van der Waals surface area contributed by atoms with Crippen LogP contribution < -0.4 is 5.32 Å². The number of rotatable bonds is 6. The topological polar surface area (TPSA) is 55.6 Å². The summed E-state index contributed by atoms with van der Waals surface area (Å²) < 4.78 is 1.88. The molecule has 0 amide bonds. The van der Waals surface area contributed by atoms with Crippen LogP contribution in [0.1, 0.15) is 26.1 Å². The highest BCUT2D eigenvalue weighted by atomic mass is 35.5. The lowest BCUT2D eigenvalue weighted by molar-refractivity contribution is 0.559. The summed E-state index contributed by atoms with van der Waals surface area (Å²) in [6.07, 6.45) is 5.55. The van der Waals surface area contributed by atoms with E-state index in [4.69, 9.17) is 11.6 Å². The molecule has 2 aromatic rings. The molecular formula is C13H18ClN5. The standard InChI is InChI=1S/C13H18ClN5/c1-3-5-12-17-11(14)8-13(18-12)16-10(2)9-19-7-4-6-15-19/h4,6-8,10H,3,5,9H2,1-2H3,(H,16,17,18). The van der Waals surface area contributed by atoms with Gasteiger partial charge in [0, 0.05) is 30.9 Å². The molecule has 0 aliphatic carbocycles. The van der Waals surface area contributed by atoms with Crippen molar-refractivity contribution in [3.63, 3.8) is 0 Å². The van der Waals surface area contributed by atoms with E-state index in [2.05, 4.69) is 34.2 Å². The Bertz CT molecular complexity index is 512. The molecule has 1 unspecified atom stereocenters. The van der Waals surface area contributed by atoms with Gasteiger partial charge in [-0.25, -0.2) is 9.97 Å². The Morgan fingerprint density at radius 3 is 2.95 bits per heavy atom. The molecule has 0 saturated carbocycles. The van der Waals surface area contributed by atoms with Gasteiger partial charge in [0.15, 0.2) is 0 Å². The molecule has 19 heavy (non-hydrogen) atoms. The molecular weight excluding hydrogens is 262 g/mol. The van der Waals surface area contributed by atoms with Gasteiger partial charge in [0.2, 0.25) is 0 Å². The van der Waals surface area contributed by atoms with Crippen LogP contribution >= 0.6 is 11.6 Å². The van der Waals surface area contributed by atoms with E-state index in [1.54, 1.807) is 12.3 Å². The minimum absolute atomic E-state index is 0.209. The molecule has 6 heteroatoms. The van der Waals surface area contributed by atoms with E-state index in [0.29, 0.717) is 5.15 Å². The van der Waals surface area contributed by atoms with Gasteiger partial charge in [-0.05, 0) is 19.4 Å². The second kappa shape index (κ2) is 6.52. The summed E-state index contributed by atoms with van der Waals surface area (Å²) in [5.74, 6) is 1.55. The van der Waals surface area contributed by atoms with Gasteiger partial charge in [0.25, 0.3) is 0 Å². The lowest BCUT2D eigenvalue weighted by Gasteiger charge is -2.15. The van der Waals surface area contributed by atoms with Crippen LogP contribution in [0.5, 0.6) is 0 Å². The van der Waals surface area contributed by atoms with Crippen molar-refractivity contribution in [3.8, 4) is 0 Å². The van der Waals surface area contributed by atoms with Gasteiger partial charge < -0.3 is 5.32 Å². The summed E-state index contributed by atoms with van der Waals surface area (Å²) in [5, 5.41) is 7.98. The number of aromatic nitrogens is 4. The first-order chi connectivity index (χ1) is 9.17. The summed E-state index contributed by atoms with van der Waals surface area (Å²) in [7, 11) is 0. The van der Waals surface area contributed by atoms with Crippen LogP contribution in [0.2, 0.25) is 5.15 Å². The molecule has 1 atom stereocenters. The Labute approximate surface area is 118 Å². The number of halogens is 1. The second-order valence-corrected chi connectivity index (χ2v) is 4.90. The number of hydrogen-bond donors (Lipinski definition) is 1. The normalized spacial score (nSPS) is 12.4. The molecule has 2 rings (SSSR count). The largest absolute Gasteiger partial charge is 0.366 e. The van der Waals surface area contributed by atoms with Crippen molar-refractivity contribution < 1.29 is 0 Å². The summed E-state index contributed by atoms with van der Waals surface area (Å²) in [6.45, 7) is 4.95. The lowest BCUT2D eigenvalue weighted by Crippen LogP contribution is -2.23. The average molecular weight is 280 g/mol. The molecule has 0 radical (unpaired) electrons. The van der Waals surface area contributed by atoms with E-state index in [9.17, 15) is 0 Å². The fourth-order valence-corrected chi connectivity index (χ4v) is 2.06. The van der Waals surface area contributed by atoms with Crippen molar-refractivity contribution in [3.05, 3.63) is 35.5 Å². The minimum Gasteiger partial charge on any atom is -0.366 e. The first kappa shape index (κ1) is 13.8. The van der Waals surface area contributed by atoms with Crippen molar-refractivity contribution in [2.75, 3.05) is 5.32 Å². The Kier molecular flexibility index (Phi) is 4.74. The number of hydrogen-bond acceptors (Lipinski definition) is 4. The molecule has 0 spiro atoms. The van der Waals surface area contributed by atoms with Crippen LogP contribution in [0, 0.1) is 0 Å². The molecule has 0 saturated heterocycles. The fraction of sp³-hybridized carbons (Fsp3) is 0.462. The van der Waals surface area contributed by atoms with Gasteiger partial charge >= 0.3 is 0 Å². The van der Waals surface area contributed by atoms with Gasteiger partial charge in [0.05, 0.1) is 6.54 Å². The molecule has 0 aromatic carbocycles. The molecule has 0 aliphatic heterocycles. The Morgan fingerprint density at radius 2 is 2.26 bits per heavy atom. The number of anilines is 1. The van der Waals surface area contributed by atoms with Crippen molar-refractivity contribution >= 4 is 17.4 Å². The van der Waals surface area contributed by atoms with E-state index >= 15 is 0 Å². The van der Waals surface area contributed by atoms with E-state index in [1.165, 1.54) is 0 Å². The number of nitrogens with zero attached hydrogens (tertiary/aromatic N) is 4. The molecule has 2 aromatic heterocycles. The predicted molar refractivity (Wildman–Crippen MR) is 76.3 cm³/mol. The van der Waals surface area contributed by atoms with Crippen molar-refractivity contribution in [2.45, 2.75) is 39.3 Å². The van der Waals surface area contributed by atoms with Crippen molar-refractivity contribution in [2.24, 2.45) is 0 Å². The smallest absolute Gasteiger partial charge is 0.134 e. The van der Waals surface area contributed by atoms with Crippen LogP contribution in [0.15, 0.2) is 24.5 Å². The maximum Gasteiger partial charge on any atom is 0.134 e. The van der Waals surface area contributed by atoms with Crippen molar-refractivity contribution in [1.29, 1.82) is 0 Å². The monoisotopic (exact) mass is 279 g/mol. The molecule has 0 fully saturated rings. The Balaban J connectivity index is 2.01. The number of nitrogens with one attached hydrogen (secondary N) is 1. The highest BCUT2D eigenvalue weighted by molar-refractivity contribution is 6.29. The summed E-state index contributed by atoms with van der Waals surface area (Å²) >= 11 is 6.00. The van der Waals surface area contributed by atoms with Gasteiger partial charge in [-0.2, -0.15) is 5.10 Å². The van der Waals surface area contributed by atoms with E-state index in [-0.39, 0.29) is 6.04 Å². The predicted octanol–water partition coefficient (Wildman–Crippen LogP) is 2.78. The van der Waals surface area contributed by atoms with Gasteiger partial charge in [-0.15, -0.1) is 0 Å². The third-order valence-electron chi connectivity index (χ3n) is 2.63. The molecule has 1 N–H and O–H groups in total. The quantitative estimate of drug-likeness (QED) is 0.826. The first-order valence-corrected chi connectivity index (χ1v) is 6.82. The highest BCUT2D eigenvalue weighted by Crippen LogP contribution is 2.13. The lowest BCUT2D eigenvalue weighted by atomic mass is 10.3. The average Bonchev–Trinajstić information content (AvgIpc) is 2.81. The third-order valence-corrected chi connectivity index (χ3v) is 2.82. The summed E-state index contributed by atoms with van der Waals surface area (Å²) in [4.78, 5) is 8.66. The maximum absolute atomic E-state index is 6.00. The molecule has 5 nitrogen and oxygen atoms in total. The second-order valence-electron chi connectivity index (χ2n) is 4.52. The van der Waals surface area contributed by atoms with E-state index in [1.807, 2.05) is 16.9 Å². The van der Waals surface area contributed by atoms with Crippen LogP contribution in [-0.4, -0.2) is 25.8 Å². The SMILES string of the molecule is CCCc1nc(Cl)cc(NC(C)Cn2cccn2)n1. The van der Waals surface area contributed by atoms with E-state index < -0.39 is 0 Å². The zero-order valence-electron chi connectivity index (χ0n) is 11.2. The summed E-state index contributed by atoms with van der Waals surface area (Å²) in [5.41, 5.74) is 0. The Hall–Kier alpha value is -1.62.